The molecule has 4 nitrogen and oxygen atoms in total. The summed E-state index contributed by atoms with van der Waals surface area (Å²) >= 11 is 0. The first-order valence-corrected chi connectivity index (χ1v) is 4.96. The van der Waals surface area contributed by atoms with Crippen LogP contribution < -0.4 is 10.1 Å². The third-order valence-electron chi connectivity index (χ3n) is 2.66. The van der Waals surface area contributed by atoms with E-state index in [4.69, 9.17) is 4.74 Å². The second kappa shape index (κ2) is 3.90. The van der Waals surface area contributed by atoms with E-state index in [0.29, 0.717) is 0 Å². The maximum atomic E-state index is 5.25. The van der Waals surface area contributed by atoms with Gasteiger partial charge in [-0.15, -0.1) is 0 Å². The van der Waals surface area contributed by atoms with E-state index in [1.54, 1.807) is 7.11 Å². The molecule has 0 bridgehead atoms. The maximum Gasteiger partial charge on any atom is 0.146 e. The Bertz CT molecular complexity index is 464. The Morgan fingerprint density at radius 1 is 1.47 bits per heavy atom. The van der Waals surface area contributed by atoms with Crippen molar-refractivity contribution >= 4 is 10.9 Å². The first-order chi connectivity index (χ1) is 7.27. The molecule has 80 valence electrons. The van der Waals surface area contributed by atoms with E-state index in [0.717, 1.165) is 22.3 Å². The van der Waals surface area contributed by atoms with Crippen molar-refractivity contribution in [3.8, 4) is 5.75 Å². The zero-order valence-electron chi connectivity index (χ0n) is 9.16. The molecule has 1 unspecified atom stereocenters. The first kappa shape index (κ1) is 9.98. The van der Waals surface area contributed by atoms with Crippen LogP contribution in [0.25, 0.3) is 10.9 Å². The molecule has 2 rings (SSSR count). The Morgan fingerprint density at radius 3 is 2.93 bits per heavy atom. The molecule has 0 aliphatic heterocycles. The van der Waals surface area contributed by atoms with Gasteiger partial charge in [0.25, 0.3) is 0 Å². The summed E-state index contributed by atoms with van der Waals surface area (Å²) in [5, 5.41) is 11.6. The number of hydrogen-bond acceptors (Lipinski definition) is 3. The summed E-state index contributed by atoms with van der Waals surface area (Å²) < 4.78 is 5.25. The van der Waals surface area contributed by atoms with Gasteiger partial charge in [-0.1, -0.05) is 12.1 Å². The van der Waals surface area contributed by atoms with Gasteiger partial charge in [-0.3, -0.25) is 5.10 Å². The molecule has 1 aromatic carbocycles. The zero-order chi connectivity index (χ0) is 10.8. The SMILES string of the molecule is CNC(C)c1[nH]nc2c(OC)cccc12. The standard InChI is InChI=1S/C11H15N3O/c1-7(12-2)10-8-5-4-6-9(15-3)11(8)14-13-10/h4-7,12H,1-3H3,(H,13,14). The lowest BCUT2D eigenvalue weighted by atomic mass is 10.1. The Morgan fingerprint density at radius 2 is 2.27 bits per heavy atom. The smallest absolute Gasteiger partial charge is 0.146 e. The summed E-state index contributed by atoms with van der Waals surface area (Å²) in [5.74, 6) is 0.804. The molecule has 0 radical (unpaired) electrons. The lowest BCUT2D eigenvalue weighted by Crippen LogP contribution is -2.12. The largest absolute Gasteiger partial charge is 0.494 e. The van der Waals surface area contributed by atoms with Crippen LogP contribution in [0, 0.1) is 0 Å². The minimum atomic E-state index is 0.252. The fraction of sp³-hybridized carbons (Fsp3) is 0.364. The molecule has 1 heterocycles. The Hall–Kier alpha value is -1.55. The predicted octanol–water partition coefficient (Wildman–Crippen LogP) is 1.85. The molecule has 15 heavy (non-hydrogen) atoms. The second-order valence-corrected chi connectivity index (χ2v) is 3.50. The van der Waals surface area contributed by atoms with Crippen molar-refractivity contribution in [3.05, 3.63) is 23.9 Å². The predicted molar refractivity (Wildman–Crippen MR) is 60.1 cm³/mol. The van der Waals surface area contributed by atoms with Crippen LogP contribution in [-0.4, -0.2) is 24.4 Å². The van der Waals surface area contributed by atoms with Crippen LogP contribution >= 0.6 is 0 Å². The van der Waals surface area contributed by atoms with Gasteiger partial charge in [0.15, 0.2) is 0 Å². The lowest BCUT2D eigenvalue weighted by molar-refractivity contribution is 0.419. The number of nitrogens with one attached hydrogen (secondary N) is 2. The number of ether oxygens (including phenoxy) is 1. The normalized spacial score (nSPS) is 13.0. The Labute approximate surface area is 88.6 Å². The summed E-state index contributed by atoms with van der Waals surface area (Å²) in [6.07, 6.45) is 0. The highest BCUT2D eigenvalue weighted by molar-refractivity contribution is 5.87. The lowest BCUT2D eigenvalue weighted by Gasteiger charge is -2.07. The number of benzene rings is 1. The zero-order valence-corrected chi connectivity index (χ0v) is 9.16. The molecule has 0 aliphatic rings. The van der Waals surface area contributed by atoms with Crippen LogP contribution in [0.2, 0.25) is 0 Å². The summed E-state index contributed by atoms with van der Waals surface area (Å²) in [6.45, 7) is 2.09. The molecule has 0 saturated heterocycles. The molecule has 1 aromatic heterocycles. The van der Waals surface area contributed by atoms with Gasteiger partial charge in [-0.2, -0.15) is 5.10 Å². The number of para-hydroxylation sites is 1. The third kappa shape index (κ3) is 1.57. The van der Waals surface area contributed by atoms with Crippen molar-refractivity contribution in [1.82, 2.24) is 15.5 Å². The van der Waals surface area contributed by atoms with Crippen LogP contribution in [0.5, 0.6) is 5.75 Å². The van der Waals surface area contributed by atoms with Crippen LogP contribution in [0.1, 0.15) is 18.7 Å². The molecular formula is C11H15N3O. The average Bonchev–Trinajstić information content (AvgIpc) is 2.71. The summed E-state index contributed by atoms with van der Waals surface area (Å²) in [5.41, 5.74) is 1.98. The molecule has 0 aliphatic carbocycles. The first-order valence-electron chi connectivity index (χ1n) is 4.96. The molecule has 1 atom stereocenters. The molecule has 2 N–H and O–H groups in total. The molecule has 4 heteroatoms. The molecule has 0 spiro atoms. The van der Waals surface area contributed by atoms with Gasteiger partial charge in [0.1, 0.15) is 11.3 Å². The van der Waals surface area contributed by atoms with Crippen LogP contribution in [0.3, 0.4) is 0 Å². The molecule has 2 aromatic rings. The fourth-order valence-corrected chi connectivity index (χ4v) is 1.67. The van der Waals surface area contributed by atoms with Gasteiger partial charge in [-0.05, 0) is 20.0 Å². The quantitative estimate of drug-likeness (QED) is 0.804. The average molecular weight is 205 g/mol. The number of rotatable bonds is 3. The van der Waals surface area contributed by atoms with E-state index >= 15 is 0 Å². The monoisotopic (exact) mass is 205 g/mol. The second-order valence-electron chi connectivity index (χ2n) is 3.50. The van der Waals surface area contributed by atoms with Crippen molar-refractivity contribution in [1.29, 1.82) is 0 Å². The van der Waals surface area contributed by atoms with Gasteiger partial charge in [0.05, 0.1) is 12.8 Å². The fourth-order valence-electron chi connectivity index (χ4n) is 1.67. The van der Waals surface area contributed by atoms with Crippen LogP contribution in [-0.2, 0) is 0 Å². The van der Waals surface area contributed by atoms with Gasteiger partial charge in [-0.25, -0.2) is 0 Å². The van der Waals surface area contributed by atoms with E-state index in [1.165, 1.54) is 0 Å². The van der Waals surface area contributed by atoms with Crippen LogP contribution in [0.15, 0.2) is 18.2 Å². The number of aromatic nitrogens is 2. The van der Waals surface area contributed by atoms with Crippen molar-refractivity contribution in [2.45, 2.75) is 13.0 Å². The maximum absolute atomic E-state index is 5.25. The molecule has 0 amide bonds. The van der Waals surface area contributed by atoms with Crippen molar-refractivity contribution in [2.24, 2.45) is 0 Å². The highest BCUT2D eigenvalue weighted by Gasteiger charge is 2.12. The van der Waals surface area contributed by atoms with Gasteiger partial charge < -0.3 is 10.1 Å². The number of nitrogens with zero attached hydrogens (tertiary/aromatic N) is 1. The van der Waals surface area contributed by atoms with E-state index in [9.17, 15) is 0 Å². The van der Waals surface area contributed by atoms with Gasteiger partial charge in [0.2, 0.25) is 0 Å². The number of methoxy groups -OCH3 is 1. The number of H-pyrrole nitrogens is 1. The van der Waals surface area contributed by atoms with Crippen molar-refractivity contribution < 1.29 is 4.74 Å². The topological polar surface area (TPSA) is 49.9 Å². The van der Waals surface area contributed by atoms with E-state index < -0.39 is 0 Å². The van der Waals surface area contributed by atoms with E-state index in [2.05, 4.69) is 22.4 Å². The van der Waals surface area contributed by atoms with Gasteiger partial charge >= 0.3 is 0 Å². The molecule has 0 saturated carbocycles. The van der Waals surface area contributed by atoms with Crippen molar-refractivity contribution in [2.75, 3.05) is 14.2 Å². The van der Waals surface area contributed by atoms with Crippen LogP contribution in [0.4, 0.5) is 0 Å². The van der Waals surface area contributed by atoms with E-state index in [1.807, 2.05) is 25.2 Å². The summed E-state index contributed by atoms with van der Waals surface area (Å²) in [4.78, 5) is 0. The van der Waals surface area contributed by atoms with Crippen molar-refractivity contribution in [3.63, 3.8) is 0 Å². The number of aromatic amines is 1. The minimum absolute atomic E-state index is 0.252. The Balaban J connectivity index is 2.60. The highest BCUT2D eigenvalue weighted by atomic mass is 16.5. The minimum Gasteiger partial charge on any atom is -0.494 e. The third-order valence-corrected chi connectivity index (χ3v) is 2.66. The summed E-state index contributed by atoms with van der Waals surface area (Å²) in [6, 6.07) is 6.19. The highest BCUT2D eigenvalue weighted by Crippen LogP contribution is 2.27. The Kier molecular flexibility index (Phi) is 2.60. The number of fused-ring (bicyclic) bond motifs is 1. The summed E-state index contributed by atoms with van der Waals surface area (Å²) in [7, 11) is 3.59. The van der Waals surface area contributed by atoms with Gasteiger partial charge in [0, 0.05) is 11.4 Å². The van der Waals surface area contributed by atoms with E-state index in [-0.39, 0.29) is 6.04 Å². The number of hydrogen-bond donors (Lipinski definition) is 2. The molecule has 0 fully saturated rings. The molecular weight excluding hydrogens is 190 g/mol.